The van der Waals surface area contributed by atoms with Gasteiger partial charge in [0, 0.05) is 0 Å². The van der Waals surface area contributed by atoms with Crippen LogP contribution >= 0.6 is 0 Å². The Kier molecular flexibility index (Phi) is 4.90. The summed E-state index contributed by atoms with van der Waals surface area (Å²) in [6, 6.07) is 8.49. The molecule has 1 atom stereocenters. The van der Waals surface area contributed by atoms with Crippen LogP contribution in [0.2, 0.25) is 0 Å². The third-order valence-electron chi connectivity index (χ3n) is 5.14. The summed E-state index contributed by atoms with van der Waals surface area (Å²) in [5, 5.41) is 10.7. The van der Waals surface area contributed by atoms with E-state index in [2.05, 4.69) is 52.0 Å². The third-order valence-corrected chi connectivity index (χ3v) is 5.14. The fourth-order valence-corrected chi connectivity index (χ4v) is 3.57. The van der Waals surface area contributed by atoms with Crippen molar-refractivity contribution in [1.29, 1.82) is 0 Å². The maximum Gasteiger partial charge on any atom is 0.0818 e. The van der Waals surface area contributed by atoms with Crippen LogP contribution in [-0.2, 0) is 6.42 Å². The molecule has 0 amide bonds. The summed E-state index contributed by atoms with van der Waals surface area (Å²) in [6.45, 7) is 9.21. The van der Waals surface area contributed by atoms with Crippen molar-refractivity contribution in [1.82, 2.24) is 0 Å². The van der Waals surface area contributed by atoms with Gasteiger partial charge in [-0.15, -0.1) is 0 Å². The highest BCUT2D eigenvalue weighted by Gasteiger charge is 2.32. The summed E-state index contributed by atoms with van der Waals surface area (Å²) in [6.07, 6.45) is 5.62. The quantitative estimate of drug-likeness (QED) is 0.809. The van der Waals surface area contributed by atoms with Crippen molar-refractivity contribution in [2.24, 2.45) is 17.3 Å². The monoisotopic (exact) mass is 274 g/mol. The average Bonchev–Trinajstić information content (AvgIpc) is 2.46. The Balaban J connectivity index is 1.99. The van der Waals surface area contributed by atoms with Crippen molar-refractivity contribution < 1.29 is 5.11 Å². The van der Waals surface area contributed by atoms with E-state index in [1.807, 2.05) is 0 Å². The van der Waals surface area contributed by atoms with Crippen molar-refractivity contribution in [3.8, 4) is 0 Å². The third kappa shape index (κ3) is 3.63. The molecule has 1 nitrogen and oxygen atoms in total. The molecule has 1 aliphatic carbocycles. The smallest absolute Gasteiger partial charge is 0.0818 e. The zero-order chi connectivity index (χ0) is 14.8. The van der Waals surface area contributed by atoms with Crippen molar-refractivity contribution in [2.75, 3.05) is 0 Å². The molecule has 0 radical (unpaired) electrons. The van der Waals surface area contributed by atoms with Gasteiger partial charge in [-0.2, -0.15) is 0 Å². The van der Waals surface area contributed by atoms with Crippen LogP contribution in [0.4, 0.5) is 0 Å². The van der Waals surface area contributed by atoms with Gasteiger partial charge < -0.3 is 5.11 Å². The van der Waals surface area contributed by atoms with Gasteiger partial charge in [0.2, 0.25) is 0 Å². The topological polar surface area (TPSA) is 20.2 Å². The fourth-order valence-electron chi connectivity index (χ4n) is 3.57. The molecule has 0 aliphatic heterocycles. The lowest BCUT2D eigenvalue weighted by Crippen LogP contribution is -2.28. The second-order valence-electron chi connectivity index (χ2n) is 7.52. The van der Waals surface area contributed by atoms with Gasteiger partial charge in [-0.25, -0.2) is 0 Å². The Bertz CT molecular complexity index is 422. The Morgan fingerprint density at radius 2 is 1.80 bits per heavy atom. The summed E-state index contributed by atoms with van der Waals surface area (Å²) in [5.74, 6) is 1.26. The molecular formula is C19H30O. The molecule has 1 saturated carbocycles. The number of aliphatic hydroxyl groups is 1. The molecule has 1 aromatic carbocycles. The number of aryl methyl sites for hydroxylation is 1. The summed E-state index contributed by atoms with van der Waals surface area (Å²) in [5.41, 5.74) is 2.85. The van der Waals surface area contributed by atoms with E-state index in [9.17, 15) is 5.11 Å². The van der Waals surface area contributed by atoms with E-state index in [4.69, 9.17) is 0 Å². The lowest BCUT2D eigenvalue weighted by Gasteiger charge is -2.38. The molecular weight excluding hydrogens is 244 g/mol. The predicted octanol–water partition coefficient (Wildman–Crippen LogP) is 5.13. The first-order valence-corrected chi connectivity index (χ1v) is 8.18. The molecule has 0 aromatic heterocycles. The number of aliphatic hydroxyl groups excluding tert-OH is 1. The Morgan fingerprint density at radius 3 is 2.35 bits per heavy atom. The number of hydrogen-bond acceptors (Lipinski definition) is 1. The van der Waals surface area contributed by atoms with Crippen LogP contribution in [0.3, 0.4) is 0 Å². The Labute approximate surface area is 124 Å². The first-order chi connectivity index (χ1) is 9.41. The maximum absolute atomic E-state index is 10.7. The van der Waals surface area contributed by atoms with Crippen LogP contribution < -0.4 is 0 Å². The molecule has 0 heterocycles. The van der Waals surface area contributed by atoms with E-state index < -0.39 is 0 Å². The molecule has 20 heavy (non-hydrogen) atoms. The van der Waals surface area contributed by atoms with Gasteiger partial charge in [0.1, 0.15) is 0 Å². The van der Waals surface area contributed by atoms with Gasteiger partial charge >= 0.3 is 0 Å². The molecule has 0 bridgehead atoms. The van der Waals surface area contributed by atoms with E-state index in [-0.39, 0.29) is 6.10 Å². The molecule has 0 spiro atoms. The minimum absolute atomic E-state index is 0.276. The molecule has 1 heteroatoms. The SMILES string of the molecule is CCc1cccc(C(O)C2CCC(C(C)(C)C)CC2)c1. The van der Waals surface area contributed by atoms with E-state index >= 15 is 0 Å². The molecule has 1 unspecified atom stereocenters. The van der Waals surface area contributed by atoms with Crippen molar-refractivity contribution in [3.05, 3.63) is 35.4 Å². The standard InChI is InChI=1S/C19H30O/c1-5-14-7-6-8-16(13-14)18(20)15-9-11-17(12-10-15)19(2,3)4/h6-8,13,15,17-18,20H,5,9-12H2,1-4H3. The minimum atomic E-state index is -0.276. The summed E-state index contributed by atoms with van der Waals surface area (Å²) in [7, 11) is 0. The van der Waals surface area contributed by atoms with Crippen molar-refractivity contribution >= 4 is 0 Å². The molecule has 2 rings (SSSR count). The molecule has 112 valence electrons. The Hall–Kier alpha value is -0.820. The van der Waals surface area contributed by atoms with Crippen LogP contribution in [0.25, 0.3) is 0 Å². The molecule has 1 fully saturated rings. The highest BCUT2D eigenvalue weighted by molar-refractivity contribution is 5.25. The van der Waals surface area contributed by atoms with Crippen LogP contribution in [0.1, 0.15) is 70.6 Å². The minimum Gasteiger partial charge on any atom is -0.388 e. The first-order valence-electron chi connectivity index (χ1n) is 8.18. The predicted molar refractivity (Wildman–Crippen MR) is 85.7 cm³/mol. The van der Waals surface area contributed by atoms with Gasteiger partial charge in [-0.05, 0) is 60.5 Å². The number of benzene rings is 1. The summed E-state index contributed by atoms with van der Waals surface area (Å²) < 4.78 is 0. The van der Waals surface area contributed by atoms with Gasteiger partial charge in [0.05, 0.1) is 6.10 Å². The maximum atomic E-state index is 10.7. The second-order valence-corrected chi connectivity index (χ2v) is 7.52. The Morgan fingerprint density at radius 1 is 1.15 bits per heavy atom. The van der Waals surface area contributed by atoms with Crippen LogP contribution in [0.15, 0.2) is 24.3 Å². The zero-order valence-electron chi connectivity index (χ0n) is 13.5. The summed E-state index contributed by atoms with van der Waals surface area (Å²) in [4.78, 5) is 0. The zero-order valence-corrected chi connectivity index (χ0v) is 13.5. The van der Waals surface area contributed by atoms with E-state index in [0.717, 1.165) is 17.9 Å². The largest absolute Gasteiger partial charge is 0.388 e. The fraction of sp³-hybridized carbons (Fsp3) is 0.684. The molecule has 1 aromatic rings. The summed E-state index contributed by atoms with van der Waals surface area (Å²) >= 11 is 0. The number of rotatable bonds is 3. The van der Waals surface area contributed by atoms with Gasteiger partial charge in [-0.1, -0.05) is 52.0 Å². The molecule has 1 aliphatic rings. The number of hydrogen-bond donors (Lipinski definition) is 1. The van der Waals surface area contributed by atoms with Gasteiger partial charge in [0.15, 0.2) is 0 Å². The lowest BCUT2D eigenvalue weighted by atomic mass is 9.68. The van der Waals surface area contributed by atoms with Crippen molar-refractivity contribution in [2.45, 2.75) is 65.9 Å². The van der Waals surface area contributed by atoms with E-state index in [1.54, 1.807) is 0 Å². The van der Waals surface area contributed by atoms with Crippen LogP contribution in [0, 0.1) is 17.3 Å². The second kappa shape index (κ2) is 6.30. The normalized spacial score (nSPS) is 25.4. The van der Waals surface area contributed by atoms with Gasteiger partial charge in [0.25, 0.3) is 0 Å². The molecule has 1 N–H and O–H groups in total. The lowest BCUT2D eigenvalue weighted by molar-refractivity contribution is 0.0528. The van der Waals surface area contributed by atoms with Crippen LogP contribution in [-0.4, -0.2) is 5.11 Å². The van der Waals surface area contributed by atoms with Gasteiger partial charge in [-0.3, -0.25) is 0 Å². The average molecular weight is 274 g/mol. The van der Waals surface area contributed by atoms with Crippen LogP contribution in [0.5, 0.6) is 0 Å². The highest BCUT2D eigenvalue weighted by atomic mass is 16.3. The first kappa shape index (κ1) is 15.6. The van der Waals surface area contributed by atoms with E-state index in [1.165, 1.54) is 31.2 Å². The van der Waals surface area contributed by atoms with E-state index in [0.29, 0.717) is 11.3 Å². The van der Waals surface area contributed by atoms with Crippen molar-refractivity contribution in [3.63, 3.8) is 0 Å². The molecule has 0 saturated heterocycles. The highest BCUT2D eigenvalue weighted by Crippen LogP contribution is 2.43.